The number of esters is 3. The van der Waals surface area contributed by atoms with Crippen LogP contribution in [0, 0.1) is 22.7 Å². The molecule has 3 fully saturated rings. The van der Waals surface area contributed by atoms with Crippen LogP contribution in [0.4, 0.5) is 0 Å². The van der Waals surface area contributed by atoms with Crippen LogP contribution in [0.2, 0.25) is 0 Å². The molecular weight excluding hydrogens is 644 g/mol. The number of carbonyl (C=O) groups excluding carboxylic acids is 4. The minimum atomic E-state index is -1.76. The number of carbonyl (C=O) groups is 4. The summed E-state index contributed by atoms with van der Waals surface area (Å²) >= 11 is 0. The Labute approximate surface area is 291 Å². The molecule has 11 heteroatoms. The van der Waals surface area contributed by atoms with Crippen LogP contribution in [0.5, 0.6) is 0 Å². The normalized spacial score (nSPS) is 35.5. The first kappa shape index (κ1) is 35.9. The molecule has 1 heterocycles. The van der Waals surface area contributed by atoms with Gasteiger partial charge in [-0.05, 0) is 54.5 Å². The van der Waals surface area contributed by atoms with Crippen molar-refractivity contribution in [2.45, 2.75) is 103 Å². The van der Waals surface area contributed by atoms with Crippen molar-refractivity contribution in [3.63, 3.8) is 0 Å². The van der Waals surface area contributed by atoms with Crippen LogP contribution < -0.4 is 0 Å². The molecule has 4 aliphatic rings. The van der Waals surface area contributed by atoms with Gasteiger partial charge in [-0.1, -0.05) is 69.3 Å². The van der Waals surface area contributed by atoms with Gasteiger partial charge in [0.15, 0.2) is 17.5 Å². The largest absolute Gasteiger partial charge is 0.458 e. The minimum absolute atomic E-state index is 0.0537. The number of aliphatic hydroxyl groups excluding tert-OH is 3. The molecule has 0 unspecified atom stereocenters. The molecule has 2 aromatic carbocycles. The van der Waals surface area contributed by atoms with Crippen molar-refractivity contribution < 1.29 is 53.4 Å². The van der Waals surface area contributed by atoms with Gasteiger partial charge in [0.2, 0.25) is 0 Å². The molecule has 268 valence electrons. The highest BCUT2D eigenvalue weighted by Gasteiger charge is 2.75. The average Bonchev–Trinajstić information content (AvgIpc) is 3.08. The Morgan fingerprint density at radius 2 is 1.56 bits per heavy atom. The van der Waals surface area contributed by atoms with E-state index in [-0.39, 0.29) is 30.6 Å². The van der Waals surface area contributed by atoms with Gasteiger partial charge in [-0.15, -0.1) is 0 Å². The topological polar surface area (TPSA) is 166 Å². The molecule has 2 bridgehead atoms. The van der Waals surface area contributed by atoms with Crippen molar-refractivity contribution in [1.82, 2.24) is 0 Å². The minimum Gasteiger partial charge on any atom is -0.458 e. The van der Waals surface area contributed by atoms with E-state index in [0.717, 1.165) is 5.56 Å². The van der Waals surface area contributed by atoms with Crippen LogP contribution in [0.3, 0.4) is 0 Å². The van der Waals surface area contributed by atoms with E-state index in [0.29, 0.717) is 5.57 Å². The van der Waals surface area contributed by atoms with Gasteiger partial charge in [0.1, 0.15) is 24.4 Å². The first-order chi connectivity index (χ1) is 23.6. The van der Waals surface area contributed by atoms with Crippen molar-refractivity contribution in [1.29, 1.82) is 0 Å². The highest BCUT2D eigenvalue weighted by molar-refractivity contribution is 5.94. The second-order valence-electron chi connectivity index (χ2n) is 15.1. The first-order valence-corrected chi connectivity index (χ1v) is 17.2. The van der Waals surface area contributed by atoms with Gasteiger partial charge in [-0.2, -0.15) is 0 Å². The molecule has 0 amide bonds. The summed E-state index contributed by atoms with van der Waals surface area (Å²) < 4.78 is 24.4. The lowest BCUT2D eigenvalue weighted by Gasteiger charge is -2.65. The van der Waals surface area contributed by atoms with Gasteiger partial charge in [0, 0.05) is 25.2 Å². The van der Waals surface area contributed by atoms with Gasteiger partial charge in [0.05, 0.1) is 29.6 Å². The van der Waals surface area contributed by atoms with Crippen molar-refractivity contribution >= 4 is 23.7 Å². The van der Waals surface area contributed by atoms with Crippen molar-refractivity contribution in [2.75, 3.05) is 6.61 Å². The Morgan fingerprint density at radius 1 is 0.940 bits per heavy atom. The second kappa shape index (κ2) is 13.0. The summed E-state index contributed by atoms with van der Waals surface area (Å²) in [4.78, 5) is 55.0. The Balaban J connectivity index is 1.49. The van der Waals surface area contributed by atoms with E-state index in [4.69, 9.17) is 18.9 Å². The van der Waals surface area contributed by atoms with E-state index in [1.807, 2.05) is 19.9 Å². The van der Waals surface area contributed by atoms with Crippen LogP contribution in [0.15, 0.2) is 71.8 Å². The summed E-state index contributed by atoms with van der Waals surface area (Å²) in [5, 5.41) is 34.9. The van der Waals surface area contributed by atoms with E-state index in [1.54, 1.807) is 68.4 Å². The average molecular weight is 691 g/mol. The number of ketones is 1. The molecule has 2 aromatic rings. The number of rotatable bonds is 7. The molecule has 11 nitrogen and oxygen atoms in total. The van der Waals surface area contributed by atoms with Gasteiger partial charge in [-0.25, -0.2) is 9.59 Å². The highest BCUT2D eigenvalue weighted by atomic mass is 16.6. The molecule has 0 radical (unpaired) electrons. The number of hydrogen-bond acceptors (Lipinski definition) is 11. The molecular formula is C39H46O11. The number of benzene rings is 2. The maximum atomic E-state index is 14.8. The van der Waals surface area contributed by atoms with E-state index in [9.17, 15) is 34.5 Å². The van der Waals surface area contributed by atoms with Crippen molar-refractivity contribution in [3.05, 3.63) is 82.9 Å². The Bertz CT molecular complexity index is 1690. The summed E-state index contributed by atoms with van der Waals surface area (Å²) in [6.07, 6.45) is -7.66. The summed E-state index contributed by atoms with van der Waals surface area (Å²) in [7, 11) is 0. The summed E-state index contributed by atoms with van der Waals surface area (Å²) in [6, 6.07) is 17.4. The Morgan fingerprint density at radius 3 is 2.14 bits per heavy atom. The third-order valence-electron chi connectivity index (χ3n) is 12.0. The zero-order valence-electron chi connectivity index (χ0n) is 29.2. The number of hydrogen-bond donors (Lipinski definition) is 3. The van der Waals surface area contributed by atoms with Crippen molar-refractivity contribution in [3.8, 4) is 0 Å². The molecule has 11 atom stereocenters. The standard InChI is InChI=1S/C39H46O11/c1-20(23-13-9-7-10-14-23)30(42)36(46)48-26-17-25-32(49-35(45)24-15-11-8-12-16-24)33-38(6,34(44)31(43)29(21(26)2)37(25,4)5)27(41)18-28-39(33,19-47-28)50-22(3)40/h7-16,20,25-28,30-33,41-43H,17-19H2,1-6H3/t20-,25+,26-,27-,28+,30+,31+,32+,33-,38+,39-/m0/s1. The van der Waals surface area contributed by atoms with Gasteiger partial charge >= 0.3 is 17.9 Å². The molecule has 3 aliphatic carbocycles. The van der Waals surface area contributed by atoms with Crippen LogP contribution >= 0.6 is 0 Å². The second-order valence-corrected chi connectivity index (χ2v) is 15.1. The predicted molar refractivity (Wildman–Crippen MR) is 178 cm³/mol. The van der Waals surface area contributed by atoms with Crippen LogP contribution in [-0.4, -0.2) is 87.8 Å². The summed E-state index contributed by atoms with van der Waals surface area (Å²) in [6.45, 7) is 9.69. The van der Waals surface area contributed by atoms with E-state index >= 15 is 0 Å². The lowest BCUT2D eigenvalue weighted by atomic mass is 9.46. The predicted octanol–water partition coefficient (Wildman–Crippen LogP) is 3.68. The lowest BCUT2D eigenvalue weighted by Crippen LogP contribution is -2.79. The van der Waals surface area contributed by atoms with E-state index < -0.39 is 94.5 Å². The molecule has 0 spiro atoms. The smallest absolute Gasteiger partial charge is 0.338 e. The van der Waals surface area contributed by atoms with Crippen LogP contribution in [-0.2, 0) is 33.3 Å². The quantitative estimate of drug-likeness (QED) is 0.220. The molecule has 6 rings (SSSR count). The number of Topliss-reactive ketones (excluding diaryl/α,β-unsaturated/α-hetero) is 1. The molecule has 50 heavy (non-hydrogen) atoms. The SMILES string of the molecule is CC(=O)O[C@@]12CO[C@@H]1C[C@H](O)[C@@]1(C)C(=O)[C@H](O)C3=C(C)[C@@H](OC(=O)[C@H](O)[C@@H](C)c4ccccc4)C[C@H]([C@@H](OC(=O)c4ccccc4)[C@H]21)C3(C)C. The third kappa shape index (κ3) is 5.59. The van der Waals surface area contributed by atoms with Gasteiger partial charge in [0.25, 0.3) is 0 Å². The van der Waals surface area contributed by atoms with Crippen LogP contribution in [0.25, 0.3) is 0 Å². The third-order valence-corrected chi connectivity index (χ3v) is 12.0. The molecule has 1 saturated heterocycles. The Hall–Kier alpha value is -3.90. The van der Waals surface area contributed by atoms with Gasteiger partial charge < -0.3 is 34.3 Å². The Kier molecular flexibility index (Phi) is 9.35. The zero-order chi connectivity index (χ0) is 36.3. The van der Waals surface area contributed by atoms with E-state index in [2.05, 4.69) is 0 Å². The molecule has 1 aliphatic heterocycles. The van der Waals surface area contributed by atoms with Crippen molar-refractivity contribution in [2.24, 2.45) is 22.7 Å². The maximum Gasteiger partial charge on any atom is 0.338 e. The molecule has 2 saturated carbocycles. The number of ether oxygens (including phenoxy) is 4. The zero-order valence-corrected chi connectivity index (χ0v) is 29.2. The maximum absolute atomic E-state index is 14.8. The fraction of sp³-hybridized carbons (Fsp3) is 0.538. The van der Waals surface area contributed by atoms with Crippen LogP contribution in [0.1, 0.15) is 76.2 Å². The lowest BCUT2D eigenvalue weighted by molar-refractivity contribution is -0.335. The monoisotopic (exact) mass is 690 g/mol. The molecule has 0 aromatic heterocycles. The summed E-state index contributed by atoms with van der Waals surface area (Å²) in [5.41, 5.74) is -2.59. The number of fused-ring (bicyclic) bond motifs is 5. The first-order valence-electron chi connectivity index (χ1n) is 17.2. The fourth-order valence-electron chi connectivity index (χ4n) is 9.21. The molecule has 3 N–H and O–H groups in total. The fourth-order valence-corrected chi connectivity index (χ4v) is 9.21. The highest BCUT2D eigenvalue weighted by Crippen LogP contribution is 2.63. The number of aliphatic hydroxyl groups is 3. The van der Waals surface area contributed by atoms with Gasteiger partial charge in [-0.3, -0.25) is 9.59 Å². The van der Waals surface area contributed by atoms with E-state index in [1.165, 1.54) is 13.8 Å². The summed E-state index contributed by atoms with van der Waals surface area (Å²) in [5.74, 6) is -5.49.